The summed E-state index contributed by atoms with van der Waals surface area (Å²) in [4.78, 5) is 22.8. The van der Waals surface area contributed by atoms with E-state index in [1.54, 1.807) is 31.4 Å². The Kier molecular flexibility index (Phi) is 6.58. The zero-order valence-corrected chi connectivity index (χ0v) is 14.8. The van der Waals surface area contributed by atoms with Crippen molar-refractivity contribution in [3.05, 3.63) is 28.7 Å². The summed E-state index contributed by atoms with van der Waals surface area (Å²) in [5.41, 5.74) is 0.764. The van der Waals surface area contributed by atoms with Crippen molar-refractivity contribution in [2.45, 2.75) is 0 Å². The van der Waals surface area contributed by atoms with Crippen molar-refractivity contribution < 1.29 is 70.4 Å². The van der Waals surface area contributed by atoms with Gasteiger partial charge in [-0.25, -0.2) is 0 Å². The molecular weight excluding hydrogens is 293 g/mol. The molecule has 1 saturated heterocycles. The Hall–Kier alpha value is -0.314. The molecule has 0 saturated carbocycles. The molecule has 0 aromatic heterocycles. The number of carbonyl (C=O) groups is 2. The molecule has 1 heterocycles. The van der Waals surface area contributed by atoms with Crippen LogP contribution in [0.3, 0.4) is 0 Å². The average Bonchev–Trinajstić information content (AvgIpc) is 2.67. The second-order valence-corrected chi connectivity index (χ2v) is 4.48. The first kappa shape index (κ1) is 16.7. The normalized spacial score (nSPS) is 16.0. The molecule has 5 nitrogen and oxygen atoms in total. The molecule has 0 spiro atoms. The van der Waals surface area contributed by atoms with Crippen LogP contribution in [0, 0.1) is 0 Å². The molecule has 1 fully saturated rings. The van der Waals surface area contributed by atoms with Gasteiger partial charge in [0.05, 0.1) is 19.1 Å². The number of hydrogen-bond donors (Lipinski definition) is 1. The maximum absolute atomic E-state index is 11.4. The molecule has 2 amide bonds. The Labute approximate surface area is 157 Å². The summed E-state index contributed by atoms with van der Waals surface area (Å²) in [6.07, 6.45) is 1.63. The summed E-state index contributed by atoms with van der Waals surface area (Å²) in [5, 5.41) is 1.84. The van der Waals surface area contributed by atoms with Gasteiger partial charge >= 0.3 is 51.4 Å². The van der Waals surface area contributed by atoms with Crippen molar-refractivity contribution in [1.82, 2.24) is 5.32 Å². The number of benzene rings is 1. The molecule has 19 heavy (non-hydrogen) atoms. The first-order chi connectivity index (χ1) is 8.63. The Morgan fingerprint density at radius 2 is 1.84 bits per heavy atom. The van der Waals surface area contributed by atoms with Crippen molar-refractivity contribution in [3.8, 4) is 11.5 Å². The molecule has 1 aromatic rings. The van der Waals surface area contributed by atoms with Crippen LogP contribution >= 0.6 is 11.8 Å². The predicted molar refractivity (Wildman–Crippen MR) is 68.7 cm³/mol. The number of methoxy groups -OCH3 is 2. The van der Waals surface area contributed by atoms with E-state index >= 15 is 0 Å². The summed E-state index contributed by atoms with van der Waals surface area (Å²) >= 11 is 0.881. The fraction of sp³-hybridized carbons (Fsp3) is 0.167. The van der Waals surface area contributed by atoms with Gasteiger partial charge in [0.25, 0.3) is 11.1 Å². The van der Waals surface area contributed by atoms with Gasteiger partial charge < -0.3 is 9.47 Å². The quantitative estimate of drug-likeness (QED) is 0.575. The monoisotopic (exact) mass is 304 g/mol. The molecule has 1 aromatic carbocycles. The van der Waals surface area contributed by atoms with Crippen LogP contribution in [0.1, 0.15) is 5.56 Å². The molecule has 0 bridgehead atoms. The molecule has 7 heteroatoms. The van der Waals surface area contributed by atoms with Crippen LogP contribution in [-0.2, 0) is 4.79 Å². The van der Waals surface area contributed by atoms with Crippen LogP contribution in [0.15, 0.2) is 23.1 Å². The van der Waals surface area contributed by atoms with Crippen LogP contribution < -0.4 is 66.2 Å². The zero-order valence-electron chi connectivity index (χ0n) is 10.9. The topological polar surface area (TPSA) is 64.6 Å². The molecule has 0 unspecified atom stereocenters. The van der Waals surface area contributed by atoms with Gasteiger partial charge in [0.2, 0.25) is 0 Å². The third-order valence-electron chi connectivity index (χ3n) is 2.35. The van der Waals surface area contributed by atoms with Crippen LogP contribution in [-0.4, -0.2) is 25.4 Å². The van der Waals surface area contributed by atoms with Gasteiger partial charge in [-0.05, 0) is 35.5 Å². The van der Waals surface area contributed by atoms with E-state index in [2.05, 4.69) is 5.32 Å². The molecule has 2 rings (SSSR count). The van der Waals surface area contributed by atoms with E-state index in [-0.39, 0.29) is 62.5 Å². The number of nitrogens with one attached hydrogen (secondary N) is 1. The van der Waals surface area contributed by atoms with E-state index in [9.17, 15) is 9.59 Å². The summed E-state index contributed by atoms with van der Waals surface area (Å²) in [6.45, 7) is 0. The number of amides is 2. The zero-order chi connectivity index (χ0) is 13.1. The van der Waals surface area contributed by atoms with Gasteiger partial charge in [-0.3, -0.25) is 14.9 Å². The maximum atomic E-state index is 11.4. The van der Waals surface area contributed by atoms with Crippen molar-refractivity contribution >= 4 is 29.0 Å². The van der Waals surface area contributed by atoms with Gasteiger partial charge in [0.1, 0.15) is 0 Å². The molecule has 0 radical (unpaired) electrons. The molecular formula is C12H11KNO4S+. The number of rotatable bonds is 3. The van der Waals surface area contributed by atoms with Gasteiger partial charge in [-0.2, -0.15) is 0 Å². The number of carbonyl (C=O) groups excluding carboxylic acids is 2. The SMILES string of the molecule is COc1ccc(/C=C2\SC(=O)NC2=O)cc1OC.[K+]. The molecule has 0 atom stereocenters. The molecule has 1 aliphatic rings. The van der Waals surface area contributed by atoms with Crippen LogP contribution in [0.25, 0.3) is 6.08 Å². The largest absolute Gasteiger partial charge is 1.00 e. The minimum atomic E-state index is -0.375. The third-order valence-corrected chi connectivity index (χ3v) is 3.16. The van der Waals surface area contributed by atoms with Gasteiger partial charge in [-0.1, -0.05) is 6.07 Å². The number of ether oxygens (including phenoxy) is 2. The first-order valence-electron chi connectivity index (χ1n) is 5.11. The summed E-state index contributed by atoms with van der Waals surface area (Å²) in [6, 6.07) is 5.26. The molecule has 1 aliphatic heterocycles. The van der Waals surface area contributed by atoms with Gasteiger partial charge in [0.15, 0.2) is 11.5 Å². The number of hydrogen-bond acceptors (Lipinski definition) is 5. The predicted octanol–water partition coefficient (Wildman–Crippen LogP) is -0.968. The first-order valence-corrected chi connectivity index (χ1v) is 5.92. The van der Waals surface area contributed by atoms with E-state index in [0.717, 1.165) is 17.3 Å². The van der Waals surface area contributed by atoms with E-state index < -0.39 is 0 Å². The van der Waals surface area contributed by atoms with Crippen LogP contribution in [0.5, 0.6) is 11.5 Å². The molecule has 1 N–H and O–H groups in total. The van der Waals surface area contributed by atoms with E-state index in [4.69, 9.17) is 9.47 Å². The Morgan fingerprint density at radius 1 is 1.16 bits per heavy atom. The fourth-order valence-corrected chi connectivity index (χ4v) is 2.20. The Bertz CT molecular complexity index is 545. The smallest absolute Gasteiger partial charge is 0.493 e. The van der Waals surface area contributed by atoms with Crippen LogP contribution in [0.4, 0.5) is 4.79 Å². The van der Waals surface area contributed by atoms with E-state index in [0.29, 0.717) is 16.4 Å². The summed E-state index contributed by atoms with van der Waals surface area (Å²) < 4.78 is 10.3. The van der Waals surface area contributed by atoms with E-state index in [1.807, 2.05) is 0 Å². The van der Waals surface area contributed by atoms with Gasteiger partial charge in [0, 0.05) is 0 Å². The molecule has 0 aliphatic carbocycles. The van der Waals surface area contributed by atoms with Crippen molar-refractivity contribution in [1.29, 1.82) is 0 Å². The Morgan fingerprint density at radius 3 is 2.37 bits per heavy atom. The van der Waals surface area contributed by atoms with Crippen molar-refractivity contribution in [3.63, 3.8) is 0 Å². The van der Waals surface area contributed by atoms with Crippen LogP contribution in [0.2, 0.25) is 0 Å². The third kappa shape index (κ3) is 4.07. The van der Waals surface area contributed by atoms with Crippen molar-refractivity contribution in [2.75, 3.05) is 14.2 Å². The average molecular weight is 304 g/mol. The summed E-state index contributed by atoms with van der Waals surface area (Å²) in [7, 11) is 3.09. The van der Waals surface area contributed by atoms with Crippen molar-refractivity contribution in [2.24, 2.45) is 0 Å². The minimum Gasteiger partial charge on any atom is -0.493 e. The van der Waals surface area contributed by atoms with E-state index in [1.165, 1.54) is 7.11 Å². The standard InChI is InChI=1S/C12H11NO4S.K/c1-16-8-4-3-7(5-9(8)17-2)6-10-11(14)13-12(15)18-10;/h3-6H,1-2H3,(H,13,14,15);/q;+1/b10-6-;. The number of imide groups is 1. The number of thioether (sulfide) groups is 1. The Balaban J connectivity index is 0.00000180. The molecule has 94 valence electrons. The maximum Gasteiger partial charge on any atom is 1.00 e. The fourth-order valence-electron chi connectivity index (χ4n) is 1.52. The second kappa shape index (κ2) is 7.46. The second-order valence-electron chi connectivity index (χ2n) is 3.47. The minimum absolute atomic E-state index is 0. The summed E-state index contributed by atoms with van der Waals surface area (Å²) in [5.74, 6) is 0.806. The van der Waals surface area contributed by atoms with Gasteiger partial charge in [-0.15, -0.1) is 0 Å².